The van der Waals surface area contributed by atoms with E-state index in [0.29, 0.717) is 17.0 Å². The van der Waals surface area contributed by atoms with Crippen LogP contribution in [0.25, 0.3) is 11.5 Å². The van der Waals surface area contributed by atoms with Crippen LogP contribution in [0.4, 0.5) is 0 Å². The van der Waals surface area contributed by atoms with Gasteiger partial charge in [-0.3, -0.25) is 9.69 Å². The predicted molar refractivity (Wildman–Crippen MR) is 124 cm³/mol. The molecule has 0 bridgehead atoms. The second kappa shape index (κ2) is 10.6. The van der Waals surface area contributed by atoms with E-state index in [2.05, 4.69) is 10.2 Å². The zero-order valence-corrected chi connectivity index (χ0v) is 19.3. The van der Waals surface area contributed by atoms with E-state index in [1.165, 1.54) is 32.1 Å². The predicted octanol–water partition coefficient (Wildman–Crippen LogP) is 5.74. The number of oxazole rings is 1. The average molecular weight is 444 g/mol. The van der Waals surface area contributed by atoms with Crippen LogP contribution in [0.5, 0.6) is 0 Å². The fourth-order valence-electron chi connectivity index (χ4n) is 4.84. The lowest BCUT2D eigenvalue weighted by Crippen LogP contribution is -2.45. The molecule has 2 fully saturated rings. The smallest absolute Gasteiger partial charge is 0.226 e. The molecule has 1 atom stereocenters. The van der Waals surface area contributed by atoms with E-state index in [1.807, 2.05) is 31.2 Å². The Labute approximate surface area is 190 Å². The summed E-state index contributed by atoms with van der Waals surface area (Å²) in [6.07, 6.45) is 10.7. The van der Waals surface area contributed by atoms with Crippen molar-refractivity contribution in [1.29, 1.82) is 0 Å². The van der Waals surface area contributed by atoms with Crippen LogP contribution >= 0.6 is 11.6 Å². The molecule has 1 unspecified atom stereocenters. The maximum Gasteiger partial charge on any atom is 0.226 e. The SMILES string of the molecule is Cc1oc(-c2ccc(Cl)cc2)nc1CN1CCCC(C(=O)NC2CCCCCCC2)C1. The molecule has 2 aliphatic rings. The lowest BCUT2D eigenvalue weighted by Gasteiger charge is -2.32. The molecule has 31 heavy (non-hydrogen) atoms. The molecule has 1 saturated carbocycles. The van der Waals surface area contributed by atoms with E-state index in [4.69, 9.17) is 21.0 Å². The lowest BCUT2D eigenvalue weighted by molar-refractivity contribution is -0.127. The number of likely N-dealkylation sites (tertiary alicyclic amines) is 1. The summed E-state index contributed by atoms with van der Waals surface area (Å²) in [7, 11) is 0. The van der Waals surface area contributed by atoms with Crippen molar-refractivity contribution in [3.8, 4) is 11.5 Å². The highest BCUT2D eigenvalue weighted by Gasteiger charge is 2.28. The van der Waals surface area contributed by atoms with Gasteiger partial charge in [0.25, 0.3) is 0 Å². The Hall–Kier alpha value is -1.85. The highest BCUT2D eigenvalue weighted by molar-refractivity contribution is 6.30. The molecule has 1 amide bonds. The third kappa shape index (κ3) is 6.11. The Morgan fingerprint density at radius 2 is 1.81 bits per heavy atom. The first-order chi connectivity index (χ1) is 15.1. The van der Waals surface area contributed by atoms with Crippen LogP contribution in [-0.2, 0) is 11.3 Å². The first-order valence-corrected chi connectivity index (χ1v) is 12.2. The molecule has 6 heteroatoms. The van der Waals surface area contributed by atoms with E-state index in [-0.39, 0.29) is 11.8 Å². The van der Waals surface area contributed by atoms with E-state index >= 15 is 0 Å². The minimum Gasteiger partial charge on any atom is -0.441 e. The van der Waals surface area contributed by atoms with Gasteiger partial charge in [0.1, 0.15) is 5.76 Å². The number of aryl methyl sites for hydroxylation is 1. The summed E-state index contributed by atoms with van der Waals surface area (Å²) in [5.74, 6) is 1.78. The number of carbonyl (C=O) groups is 1. The van der Waals surface area contributed by atoms with Crippen molar-refractivity contribution in [3.63, 3.8) is 0 Å². The number of piperidine rings is 1. The van der Waals surface area contributed by atoms with Crippen LogP contribution in [-0.4, -0.2) is 34.9 Å². The van der Waals surface area contributed by atoms with Crippen molar-refractivity contribution in [2.75, 3.05) is 13.1 Å². The maximum absolute atomic E-state index is 13.0. The summed E-state index contributed by atoms with van der Waals surface area (Å²) in [6.45, 7) is 4.47. The second-order valence-electron chi connectivity index (χ2n) is 9.15. The third-order valence-corrected chi connectivity index (χ3v) is 6.94. The summed E-state index contributed by atoms with van der Waals surface area (Å²) >= 11 is 5.99. The number of nitrogens with zero attached hydrogens (tertiary/aromatic N) is 2. The summed E-state index contributed by atoms with van der Waals surface area (Å²) < 4.78 is 5.92. The normalized spacial score (nSPS) is 21.4. The van der Waals surface area contributed by atoms with Crippen LogP contribution in [0.15, 0.2) is 28.7 Å². The van der Waals surface area contributed by atoms with Gasteiger partial charge in [0.15, 0.2) is 0 Å². The summed E-state index contributed by atoms with van der Waals surface area (Å²) in [5.41, 5.74) is 1.87. The molecule has 1 N–H and O–H groups in total. The molecule has 5 nitrogen and oxygen atoms in total. The average Bonchev–Trinajstić information content (AvgIpc) is 3.11. The number of rotatable bonds is 5. The molecule has 1 aromatic heterocycles. The minimum absolute atomic E-state index is 0.0714. The van der Waals surface area contributed by atoms with E-state index < -0.39 is 0 Å². The van der Waals surface area contributed by atoms with Crippen LogP contribution in [0.1, 0.15) is 69.2 Å². The van der Waals surface area contributed by atoms with Crippen LogP contribution in [0, 0.1) is 12.8 Å². The summed E-state index contributed by atoms with van der Waals surface area (Å²) in [6, 6.07) is 7.91. The third-order valence-electron chi connectivity index (χ3n) is 6.69. The molecule has 0 radical (unpaired) electrons. The number of halogens is 1. The van der Waals surface area contributed by atoms with Gasteiger partial charge in [-0.25, -0.2) is 4.98 Å². The number of amides is 1. The van der Waals surface area contributed by atoms with E-state index in [9.17, 15) is 4.79 Å². The number of hydrogen-bond acceptors (Lipinski definition) is 4. The van der Waals surface area contributed by atoms with Crippen molar-refractivity contribution >= 4 is 17.5 Å². The highest BCUT2D eigenvalue weighted by atomic mass is 35.5. The molecule has 0 spiro atoms. The molecular weight excluding hydrogens is 410 g/mol. The van der Waals surface area contributed by atoms with Gasteiger partial charge in [-0.15, -0.1) is 0 Å². The molecule has 1 aromatic carbocycles. The van der Waals surface area contributed by atoms with Gasteiger partial charge in [-0.05, 0) is 63.4 Å². The van der Waals surface area contributed by atoms with Crippen LogP contribution in [0.2, 0.25) is 5.02 Å². The number of nitrogens with one attached hydrogen (secondary N) is 1. The Balaban J connectivity index is 1.34. The Morgan fingerprint density at radius 3 is 2.55 bits per heavy atom. The van der Waals surface area contributed by atoms with Crippen molar-refractivity contribution in [1.82, 2.24) is 15.2 Å². The first kappa shape index (κ1) is 22.3. The number of hydrogen-bond donors (Lipinski definition) is 1. The molecule has 1 saturated heterocycles. The van der Waals surface area contributed by atoms with Crippen molar-refractivity contribution in [3.05, 3.63) is 40.7 Å². The van der Waals surface area contributed by atoms with Crippen LogP contribution < -0.4 is 5.32 Å². The fraction of sp³-hybridized carbons (Fsp3) is 0.600. The minimum atomic E-state index is 0.0714. The molecule has 4 rings (SSSR count). The second-order valence-corrected chi connectivity index (χ2v) is 9.59. The van der Waals surface area contributed by atoms with Gasteiger partial charge in [0.05, 0.1) is 11.6 Å². The zero-order valence-electron chi connectivity index (χ0n) is 18.5. The highest BCUT2D eigenvalue weighted by Crippen LogP contribution is 2.26. The summed E-state index contributed by atoms with van der Waals surface area (Å²) in [4.78, 5) is 20.0. The number of carbonyl (C=O) groups excluding carboxylic acids is 1. The summed E-state index contributed by atoms with van der Waals surface area (Å²) in [5, 5.41) is 4.07. The quantitative estimate of drug-likeness (QED) is 0.639. The van der Waals surface area contributed by atoms with E-state index in [1.54, 1.807) is 0 Å². The van der Waals surface area contributed by atoms with Gasteiger partial charge >= 0.3 is 0 Å². The Kier molecular flexibility index (Phi) is 7.67. The molecular formula is C25H34ClN3O2. The van der Waals surface area contributed by atoms with Crippen LogP contribution in [0.3, 0.4) is 0 Å². The van der Waals surface area contributed by atoms with Gasteiger partial charge in [-0.1, -0.05) is 43.7 Å². The first-order valence-electron chi connectivity index (χ1n) is 11.8. The van der Waals surface area contributed by atoms with Gasteiger partial charge in [0, 0.05) is 29.7 Å². The topological polar surface area (TPSA) is 58.4 Å². The molecule has 2 aromatic rings. The molecule has 1 aliphatic heterocycles. The fourth-order valence-corrected chi connectivity index (χ4v) is 4.96. The Bertz CT molecular complexity index is 856. The largest absolute Gasteiger partial charge is 0.441 e. The van der Waals surface area contributed by atoms with E-state index in [0.717, 1.165) is 62.3 Å². The maximum atomic E-state index is 13.0. The monoisotopic (exact) mass is 443 g/mol. The number of aromatic nitrogens is 1. The number of benzene rings is 1. The van der Waals surface area contributed by atoms with Crippen molar-refractivity contribution in [2.45, 2.75) is 77.3 Å². The zero-order chi connectivity index (χ0) is 21.6. The standard InChI is InChI=1S/C25H34ClN3O2/c1-18-23(28-25(31-18)19-11-13-21(26)14-12-19)17-29-15-7-8-20(16-29)24(30)27-22-9-5-3-2-4-6-10-22/h11-14,20,22H,2-10,15-17H2,1H3,(H,27,30). The van der Waals surface area contributed by atoms with Crippen molar-refractivity contribution < 1.29 is 9.21 Å². The van der Waals surface area contributed by atoms with Crippen molar-refractivity contribution in [2.24, 2.45) is 5.92 Å². The Morgan fingerprint density at radius 1 is 1.10 bits per heavy atom. The lowest BCUT2D eigenvalue weighted by atomic mass is 9.94. The van der Waals surface area contributed by atoms with Gasteiger partial charge in [0.2, 0.25) is 11.8 Å². The molecule has 168 valence electrons. The molecule has 1 aliphatic carbocycles. The van der Waals surface area contributed by atoms with Gasteiger partial charge < -0.3 is 9.73 Å². The van der Waals surface area contributed by atoms with Gasteiger partial charge in [-0.2, -0.15) is 0 Å². The molecule has 2 heterocycles.